The maximum absolute atomic E-state index is 11.3. The maximum Gasteiger partial charge on any atom is 0.170 e. The summed E-state index contributed by atoms with van der Waals surface area (Å²) in [5.74, 6) is 0.715. The molecule has 3 rings (SSSR count). The maximum atomic E-state index is 11.3. The fourth-order valence-corrected chi connectivity index (χ4v) is 2.26. The van der Waals surface area contributed by atoms with E-state index in [-0.39, 0.29) is 0 Å². The number of benzene rings is 2. The topological polar surface area (TPSA) is 45.8 Å². The molecule has 0 radical (unpaired) electrons. The number of rotatable bonds is 3. The molecular formula is C18H16N2O. The largest absolute Gasteiger partial charge is 0.337 e. The van der Waals surface area contributed by atoms with E-state index >= 15 is 0 Å². The quantitative estimate of drug-likeness (QED) is 0.730. The Morgan fingerprint density at radius 2 is 1.38 bits per heavy atom. The average molecular weight is 276 g/mol. The molecule has 1 aromatic heterocycles. The number of aryl methyl sites for hydroxylation is 2. The molecule has 0 atom stereocenters. The van der Waals surface area contributed by atoms with Gasteiger partial charge in [-0.3, -0.25) is 4.79 Å². The molecule has 0 saturated carbocycles. The third kappa shape index (κ3) is 2.63. The Kier molecular flexibility index (Phi) is 3.40. The van der Waals surface area contributed by atoms with Gasteiger partial charge < -0.3 is 4.98 Å². The summed E-state index contributed by atoms with van der Waals surface area (Å²) in [5, 5.41) is 0. The Balaban J connectivity index is 2.08. The second-order valence-electron chi connectivity index (χ2n) is 5.20. The standard InChI is InChI=1S/C18H16N2O/c1-12-3-7-14(8-4-12)17-16(11-21)19-18(20-17)15-9-5-13(2)6-10-15/h3-11H,1-2H3,(H,19,20). The Morgan fingerprint density at radius 1 is 0.857 bits per heavy atom. The fourth-order valence-electron chi connectivity index (χ4n) is 2.26. The minimum atomic E-state index is 0.439. The first kappa shape index (κ1) is 13.3. The molecule has 1 heterocycles. The first-order valence-corrected chi connectivity index (χ1v) is 6.86. The number of carbonyl (C=O) groups is 1. The molecule has 0 spiro atoms. The van der Waals surface area contributed by atoms with E-state index in [0.717, 1.165) is 23.1 Å². The highest BCUT2D eigenvalue weighted by molar-refractivity contribution is 5.85. The van der Waals surface area contributed by atoms with E-state index in [1.54, 1.807) is 0 Å². The molecule has 0 unspecified atom stereocenters. The van der Waals surface area contributed by atoms with E-state index in [9.17, 15) is 4.79 Å². The van der Waals surface area contributed by atoms with Gasteiger partial charge in [0.2, 0.25) is 0 Å². The number of aldehydes is 1. The highest BCUT2D eigenvalue weighted by Gasteiger charge is 2.12. The van der Waals surface area contributed by atoms with Gasteiger partial charge in [0.25, 0.3) is 0 Å². The molecule has 2 aromatic carbocycles. The van der Waals surface area contributed by atoms with Gasteiger partial charge in [-0.25, -0.2) is 4.98 Å². The molecule has 104 valence electrons. The van der Waals surface area contributed by atoms with Crippen LogP contribution >= 0.6 is 0 Å². The third-order valence-electron chi connectivity index (χ3n) is 3.51. The third-order valence-corrected chi connectivity index (χ3v) is 3.51. The Labute approximate surface area is 123 Å². The van der Waals surface area contributed by atoms with Gasteiger partial charge in [-0.15, -0.1) is 0 Å². The van der Waals surface area contributed by atoms with Gasteiger partial charge >= 0.3 is 0 Å². The summed E-state index contributed by atoms with van der Waals surface area (Å²) in [7, 11) is 0. The lowest BCUT2D eigenvalue weighted by Gasteiger charge is -2.00. The number of H-pyrrole nitrogens is 1. The molecule has 0 amide bonds. The molecule has 1 N–H and O–H groups in total. The van der Waals surface area contributed by atoms with Gasteiger partial charge in [0.15, 0.2) is 6.29 Å². The van der Waals surface area contributed by atoms with Crippen molar-refractivity contribution in [2.75, 3.05) is 0 Å². The first-order chi connectivity index (χ1) is 10.2. The molecule has 3 aromatic rings. The van der Waals surface area contributed by atoms with Crippen molar-refractivity contribution in [3.05, 3.63) is 65.4 Å². The van der Waals surface area contributed by atoms with Gasteiger partial charge in [0, 0.05) is 11.1 Å². The van der Waals surface area contributed by atoms with E-state index in [0.29, 0.717) is 11.5 Å². The van der Waals surface area contributed by atoms with Gasteiger partial charge in [-0.05, 0) is 13.8 Å². The number of imidazole rings is 1. The molecule has 21 heavy (non-hydrogen) atoms. The molecule has 0 saturated heterocycles. The lowest BCUT2D eigenvalue weighted by atomic mass is 10.1. The van der Waals surface area contributed by atoms with Crippen molar-refractivity contribution in [3.63, 3.8) is 0 Å². The van der Waals surface area contributed by atoms with Crippen molar-refractivity contribution in [3.8, 4) is 22.6 Å². The van der Waals surface area contributed by atoms with Crippen molar-refractivity contribution in [2.45, 2.75) is 13.8 Å². The van der Waals surface area contributed by atoms with Crippen molar-refractivity contribution >= 4 is 6.29 Å². The smallest absolute Gasteiger partial charge is 0.170 e. The molecular weight excluding hydrogens is 260 g/mol. The summed E-state index contributed by atoms with van der Waals surface area (Å²) in [5.41, 5.74) is 5.52. The van der Waals surface area contributed by atoms with Gasteiger partial charge in [-0.1, -0.05) is 59.7 Å². The summed E-state index contributed by atoms with van der Waals surface area (Å²) in [6.45, 7) is 4.08. The predicted octanol–water partition coefficient (Wildman–Crippen LogP) is 4.17. The van der Waals surface area contributed by atoms with Gasteiger partial charge in [0.05, 0.1) is 5.69 Å². The van der Waals surface area contributed by atoms with E-state index in [1.165, 1.54) is 11.1 Å². The van der Waals surface area contributed by atoms with Crippen molar-refractivity contribution < 1.29 is 4.79 Å². The molecule has 0 aliphatic carbocycles. The normalized spacial score (nSPS) is 10.6. The van der Waals surface area contributed by atoms with Crippen molar-refractivity contribution in [2.24, 2.45) is 0 Å². The highest BCUT2D eigenvalue weighted by atomic mass is 16.1. The number of hydrogen-bond donors (Lipinski definition) is 1. The zero-order valence-electron chi connectivity index (χ0n) is 12.1. The second-order valence-corrected chi connectivity index (χ2v) is 5.20. The van der Waals surface area contributed by atoms with Gasteiger partial charge in [-0.2, -0.15) is 0 Å². The second kappa shape index (κ2) is 5.37. The van der Waals surface area contributed by atoms with Crippen LogP contribution in [0.4, 0.5) is 0 Å². The zero-order chi connectivity index (χ0) is 14.8. The Morgan fingerprint density at radius 3 is 1.90 bits per heavy atom. The monoisotopic (exact) mass is 276 g/mol. The predicted molar refractivity (Wildman–Crippen MR) is 84.3 cm³/mol. The van der Waals surface area contributed by atoms with E-state index < -0.39 is 0 Å². The molecule has 0 bridgehead atoms. The fraction of sp³-hybridized carbons (Fsp3) is 0.111. The lowest BCUT2D eigenvalue weighted by Crippen LogP contribution is -1.85. The summed E-state index contributed by atoms with van der Waals surface area (Å²) >= 11 is 0. The minimum Gasteiger partial charge on any atom is -0.337 e. The van der Waals surface area contributed by atoms with Crippen LogP contribution in [0.15, 0.2) is 48.5 Å². The summed E-state index contributed by atoms with van der Waals surface area (Å²) in [4.78, 5) is 18.9. The molecule has 3 heteroatoms. The van der Waals surface area contributed by atoms with Gasteiger partial charge in [0.1, 0.15) is 11.5 Å². The van der Waals surface area contributed by atoms with Crippen LogP contribution in [0.25, 0.3) is 22.6 Å². The van der Waals surface area contributed by atoms with Crippen LogP contribution in [0.1, 0.15) is 21.6 Å². The molecule has 3 nitrogen and oxygen atoms in total. The van der Waals surface area contributed by atoms with Crippen molar-refractivity contribution in [1.29, 1.82) is 0 Å². The van der Waals surface area contributed by atoms with Crippen LogP contribution < -0.4 is 0 Å². The average Bonchev–Trinajstić information content (AvgIpc) is 2.93. The molecule has 0 fully saturated rings. The highest BCUT2D eigenvalue weighted by Crippen LogP contribution is 2.25. The van der Waals surface area contributed by atoms with E-state index in [1.807, 2.05) is 62.4 Å². The van der Waals surface area contributed by atoms with Crippen LogP contribution in [0, 0.1) is 13.8 Å². The Hall–Kier alpha value is -2.68. The summed E-state index contributed by atoms with van der Waals surface area (Å²) < 4.78 is 0. The number of hydrogen-bond acceptors (Lipinski definition) is 2. The van der Waals surface area contributed by atoms with E-state index in [4.69, 9.17) is 0 Å². The van der Waals surface area contributed by atoms with Crippen LogP contribution in [-0.2, 0) is 0 Å². The Bertz CT molecular complexity index is 768. The van der Waals surface area contributed by atoms with Crippen LogP contribution in [-0.4, -0.2) is 16.3 Å². The number of nitrogens with zero attached hydrogens (tertiary/aromatic N) is 1. The number of carbonyl (C=O) groups excluding carboxylic acids is 1. The van der Waals surface area contributed by atoms with Crippen molar-refractivity contribution in [1.82, 2.24) is 9.97 Å². The zero-order valence-corrected chi connectivity index (χ0v) is 12.1. The number of nitrogens with one attached hydrogen (secondary N) is 1. The van der Waals surface area contributed by atoms with Crippen LogP contribution in [0.2, 0.25) is 0 Å². The SMILES string of the molecule is Cc1ccc(-c2nc(C=O)c(-c3ccc(C)cc3)[nH]2)cc1. The lowest BCUT2D eigenvalue weighted by molar-refractivity contribution is 0.112. The minimum absolute atomic E-state index is 0.439. The van der Waals surface area contributed by atoms with Crippen LogP contribution in [0.5, 0.6) is 0 Å². The molecule has 0 aliphatic heterocycles. The first-order valence-electron chi connectivity index (χ1n) is 6.86. The number of aromatic amines is 1. The van der Waals surface area contributed by atoms with Crippen LogP contribution in [0.3, 0.4) is 0 Å². The number of aromatic nitrogens is 2. The molecule has 0 aliphatic rings. The summed E-state index contributed by atoms with van der Waals surface area (Å²) in [6, 6.07) is 16.1. The van der Waals surface area contributed by atoms with E-state index in [2.05, 4.69) is 9.97 Å². The summed E-state index contributed by atoms with van der Waals surface area (Å²) in [6.07, 6.45) is 0.795.